The lowest BCUT2D eigenvalue weighted by molar-refractivity contribution is -0.143. The smallest absolute Gasteiger partial charge is 0.306 e. The SMILES string of the molecule is CC1=c2nc(OC3CCC(C(=O)O)CC3)[nH]c2=CC(F)CC1c1ccc(-c2ccccc2)cc1. The van der Waals surface area contributed by atoms with E-state index in [-0.39, 0.29) is 17.9 Å². The largest absolute Gasteiger partial charge is 0.481 e. The molecule has 3 aromatic rings. The number of nitrogens with one attached hydrogen (secondary N) is 1. The summed E-state index contributed by atoms with van der Waals surface area (Å²) in [5.41, 5.74) is 4.37. The van der Waals surface area contributed by atoms with E-state index in [0.717, 1.165) is 27.6 Å². The van der Waals surface area contributed by atoms with Crippen LogP contribution in [0.1, 0.15) is 50.5 Å². The van der Waals surface area contributed by atoms with Gasteiger partial charge in [-0.3, -0.25) is 4.79 Å². The molecule has 2 N–H and O–H groups in total. The number of rotatable bonds is 5. The summed E-state index contributed by atoms with van der Waals surface area (Å²) in [6.07, 6.45) is 3.35. The maximum atomic E-state index is 14.9. The number of nitrogens with zero attached hydrogens (tertiary/aromatic N) is 1. The van der Waals surface area contributed by atoms with Crippen LogP contribution >= 0.6 is 0 Å². The van der Waals surface area contributed by atoms with Crippen LogP contribution in [-0.4, -0.2) is 33.3 Å². The first-order valence-electron chi connectivity index (χ1n) is 12.0. The Bertz CT molecular complexity index is 1280. The van der Waals surface area contributed by atoms with Crippen molar-refractivity contribution in [2.75, 3.05) is 0 Å². The molecule has 176 valence electrons. The van der Waals surface area contributed by atoms with Crippen molar-refractivity contribution in [2.45, 2.75) is 57.2 Å². The van der Waals surface area contributed by atoms with Crippen molar-refractivity contribution >= 4 is 17.6 Å². The van der Waals surface area contributed by atoms with E-state index in [9.17, 15) is 14.3 Å². The third-order valence-corrected chi connectivity index (χ3v) is 7.14. The normalized spacial score (nSPS) is 24.6. The Morgan fingerprint density at radius 1 is 1.03 bits per heavy atom. The molecule has 0 aliphatic heterocycles. The van der Waals surface area contributed by atoms with E-state index in [4.69, 9.17) is 4.74 Å². The van der Waals surface area contributed by atoms with Gasteiger partial charge in [0, 0.05) is 5.92 Å². The van der Waals surface area contributed by atoms with Crippen LogP contribution in [0.2, 0.25) is 0 Å². The standard InChI is InChI=1S/C28H29FN2O3/c1-17-24(20-9-7-19(8-10-20)18-5-3-2-4-6-18)15-22(29)16-25-26(17)31-28(30-25)34-23-13-11-21(12-14-23)27(32)33/h2-10,16,21-24H,11-15H2,1H3,(H,30,31)(H,32,33). The lowest BCUT2D eigenvalue weighted by Gasteiger charge is -2.25. The topological polar surface area (TPSA) is 75.2 Å². The molecule has 0 bridgehead atoms. The molecule has 2 atom stereocenters. The zero-order valence-corrected chi connectivity index (χ0v) is 19.2. The zero-order valence-electron chi connectivity index (χ0n) is 19.2. The summed E-state index contributed by atoms with van der Waals surface area (Å²) in [6.45, 7) is 2.02. The number of carboxylic acid groups (broad SMARTS) is 1. The summed E-state index contributed by atoms with van der Waals surface area (Å²) in [7, 11) is 0. The first-order valence-corrected chi connectivity index (χ1v) is 12.0. The number of H-pyrrole nitrogens is 1. The van der Waals surface area contributed by atoms with Crippen molar-refractivity contribution < 1.29 is 19.0 Å². The fraction of sp³-hybridized carbons (Fsp3) is 0.357. The average molecular weight is 461 g/mol. The Hall–Kier alpha value is -3.41. The highest BCUT2D eigenvalue weighted by Crippen LogP contribution is 2.33. The number of carboxylic acids is 1. The number of carbonyl (C=O) groups is 1. The van der Waals surface area contributed by atoms with Gasteiger partial charge in [-0.2, -0.15) is 4.98 Å². The molecule has 2 aliphatic carbocycles. The summed E-state index contributed by atoms with van der Waals surface area (Å²) < 4.78 is 21.0. The Morgan fingerprint density at radius 3 is 2.38 bits per heavy atom. The molecule has 5 rings (SSSR count). The molecular weight excluding hydrogens is 431 g/mol. The van der Waals surface area contributed by atoms with Crippen LogP contribution in [0.15, 0.2) is 54.6 Å². The summed E-state index contributed by atoms with van der Waals surface area (Å²) in [5.74, 6) is -1.11. The summed E-state index contributed by atoms with van der Waals surface area (Å²) in [5, 5.41) is 10.6. The van der Waals surface area contributed by atoms with Gasteiger partial charge in [0.05, 0.1) is 16.6 Å². The number of benzene rings is 2. The lowest BCUT2D eigenvalue weighted by atomic mass is 9.87. The molecule has 6 heteroatoms. The maximum Gasteiger partial charge on any atom is 0.306 e. The quantitative estimate of drug-likeness (QED) is 0.585. The predicted molar refractivity (Wildman–Crippen MR) is 130 cm³/mol. The van der Waals surface area contributed by atoms with Gasteiger partial charge in [-0.1, -0.05) is 54.6 Å². The number of hydrogen-bond donors (Lipinski definition) is 2. The lowest BCUT2D eigenvalue weighted by Crippen LogP contribution is -2.28. The molecule has 1 heterocycles. The average Bonchev–Trinajstić information content (AvgIpc) is 3.20. The van der Waals surface area contributed by atoms with Crippen LogP contribution in [-0.2, 0) is 4.79 Å². The molecule has 1 aromatic heterocycles. The van der Waals surface area contributed by atoms with Gasteiger partial charge in [-0.15, -0.1) is 0 Å². The highest BCUT2D eigenvalue weighted by atomic mass is 19.1. The minimum Gasteiger partial charge on any atom is -0.481 e. The van der Waals surface area contributed by atoms with E-state index in [1.54, 1.807) is 6.08 Å². The number of fused-ring (bicyclic) bond motifs is 1. The van der Waals surface area contributed by atoms with E-state index < -0.39 is 12.1 Å². The first kappa shape index (κ1) is 22.4. The number of aromatic amines is 1. The van der Waals surface area contributed by atoms with E-state index >= 15 is 0 Å². The van der Waals surface area contributed by atoms with Crippen molar-refractivity contribution in [3.8, 4) is 17.1 Å². The van der Waals surface area contributed by atoms with Crippen LogP contribution < -0.4 is 15.4 Å². The van der Waals surface area contributed by atoms with Crippen LogP contribution in [0.5, 0.6) is 6.01 Å². The molecule has 0 saturated heterocycles. The maximum absolute atomic E-state index is 14.9. The minimum absolute atomic E-state index is 0.0757. The number of alkyl halides is 1. The van der Waals surface area contributed by atoms with Gasteiger partial charge in [-0.25, -0.2) is 4.39 Å². The molecule has 0 radical (unpaired) electrons. The van der Waals surface area contributed by atoms with Gasteiger partial charge in [-0.05, 0) is 67.4 Å². The Labute approximate surface area is 198 Å². The molecule has 2 aliphatic rings. The second-order valence-corrected chi connectivity index (χ2v) is 9.38. The van der Waals surface area contributed by atoms with Gasteiger partial charge in [0.15, 0.2) is 0 Å². The third kappa shape index (κ3) is 4.63. The van der Waals surface area contributed by atoms with Gasteiger partial charge < -0.3 is 14.8 Å². The van der Waals surface area contributed by atoms with Crippen molar-refractivity contribution in [1.82, 2.24) is 9.97 Å². The summed E-state index contributed by atoms with van der Waals surface area (Å²) >= 11 is 0. The van der Waals surface area contributed by atoms with Crippen molar-refractivity contribution in [1.29, 1.82) is 0 Å². The molecule has 34 heavy (non-hydrogen) atoms. The summed E-state index contributed by atoms with van der Waals surface area (Å²) in [4.78, 5) is 19.0. The third-order valence-electron chi connectivity index (χ3n) is 7.14. The van der Waals surface area contributed by atoms with Crippen molar-refractivity contribution in [3.63, 3.8) is 0 Å². The van der Waals surface area contributed by atoms with Gasteiger partial charge >= 0.3 is 5.97 Å². The summed E-state index contributed by atoms with van der Waals surface area (Å²) in [6, 6.07) is 18.9. The Balaban J connectivity index is 1.39. The molecule has 0 spiro atoms. The zero-order chi connectivity index (χ0) is 23.7. The molecular formula is C28H29FN2O3. The highest BCUT2D eigenvalue weighted by molar-refractivity contribution is 5.70. The van der Waals surface area contributed by atoms with Crippen LogP contribution in [0.25, 0.3) is 22.8 Å². The number of halogens is 1. The minimum atomic E-state index is -1.10. The van der Waals surface area contributed by atoms with E-state index in [1.807, 2.05) is 25.1 Å². The predicted octanol–water partition coefficient (Wildman–Crippen LogP) is 4.58. The van der Waals surface area contributed by atoms with Crippen LogP contribution in [0, 0.1) is 5.92 Å². The van der Waals surface area contributed by atoms with Gasteiger partial charge in [0.1, 0.15) is 12.3 Å². The van der Waals surface area contributed by atoms with Crippen LogP contribution in [0.4, 0.5) is 4.39 Å². The highest BCUT2D eigenvalue weighted by Gasteiger charge is 2.28. The second kappa shape index (κ2) is 9.45. The molecule has 1 saturated carbocycles. The number of ether oxygens (including phenoxy) is 1. The Morgan fingerprint density at radius 2 is 1.71 bits per heavy atom. The van der Waals surface area contributed by atoms with Gasteiger partial charge in [0.25, 0.3) is 6.01 Å². The molecule has 5 nitrogen and oxygen atoms in total. The molecule has 1 fully saturated rings. The Kier molecular flexibility index (Phi) is 6.22. The number of aliphatic carboxylic acids is 1. The van der Waals surface area contributed by atoms with Crippen molar-refractivity contribution in [2.24, 2.45) is 5.92 Å². The van der Waals surface area contributed by atoms with E-state index in [1.165, 1.54) is 0 Å². The molecule has 2 aromatic carbocycles. The number of hydrogen-bond acceptors (Lipinski definition) is 3. The van der Waals surface area contributed by atoms with E-state index in [0.29, 0.717) is 43.5 Å². The van der Waals surface area contributed by atoms with Crippen LogP contribution in [0.3, 0.4) is 0 Å². The molecule has 2 unspecified atom stereocenters. The van der Waals surface area contributed by atoms with Gasteiger partial charge in [0.2, 0.25) is 0 Å². The van der Waals surface area contributed by atoms with Crippen molar-refractivity contribution in [3.05, 3.63) is 70.9 Å². The molecule has 0 amide bonds. The monoisotopic (exact) mass is 460 g/mol. The first-order chi connectivity index (χ1) is 16.5. The van der Waals surface area contributed by atoms with E-state index in [2.05, 4.69) is 46.4 Å². The number of aromatic nitrogens is 2. The fourth-order valence-electron chi connectivity index (χ4n) is 5.17. The number of imidazole rings is 1. The fourth-order valence-corrected chi connectivity index (χ4v) is 5.17. The second-order valence-electron chi connectivity index (χ2n) is 9.38.